The van der Waals surface area contributed by atoms with E-state index in [9.17, 15) is 9.59 Å². The Morgan fingerprint density at radius 3 is 2.64 bits per heavy atom. The largest absolute Gasteiger partial charge is 0.393 e. The van der Waals surface area contributed by atoms with Crippen LogP contribution >= 0.6 is 11.8 Å². The first-order valence-corrected chi connectivity index (χ1v) is 10.8. The molecule has 5 heterocycles. The second-order valence-electron chi connectivity index (χ2n) is 6.89. The minimum Gasteiger partial charge on any atom is -0.393 e. The number of H-pyrrole nitrogens is 1. The molecule has 7 N–H and O–H groups in total. The molecule has 2 aliphatic rings. The van der Waals surface area contributed by atoms with Gasteiger partial charge in [0, 0.05) is 11.9 Å². The van der Waals surface area contributed by atoms with E-state index in [1.807, 2.05) is 0 Å². The van der Waals surface area contributed by atoms with Crippen molar-refractivity contribution >= 4 is 34.7 Å². The van der Waals surface area contributed by atoms with E-state index < -0.39 is 23.8 Å². The van der Waals surface area contributed by atoms with Gasteiger partial charge in [0.05, 0.1) is 26.1 Å². The summed E-state index contributed by atoms with van der Waals surface area (Å²) < 4.78 is 18.9. The molecule has 2 saturated heterocycles. The summed E-state index contributed by atoms with van der Waals surface area (Å²) >= 11 is 1.47. The van der Waals surface area contributed by atoms with Gasteiger partial charge in [-0.3, -0.25) is 18.9 Å². The Balaban J connectivity index is 0.000000160. The van der Waals surface area contributed by atoms with Crippen molar-refractivity contribution in [2.45, 2.75) is 24.2 Å². The van der Waals surface area contributed by atoms with Gasteiger partial charge < -0.3 is 35.9 Å². The Kier molecular flexibility index (Phi) is 6.91. The van der Waals surface area contributed by atoms with Crippen molar-refractivity contribution in [3.63, 3.8) is 0 Å². The molecule has 33 heavy (non-hydrogen) atoms. The molecule has 0 saturated carbocycles. The molecule has 0 aromatic carbocycles. The van der Waals surface area contributed by atoms with Gasteiger partial charge >= 0.3 is 5.69 Å². The first kappa shape index (κ1) is 23.1. The number of aliphatic hydroxyl groups excluding tert-OH is 2. The van der Waals surface area contributed by atoms with E-state index in [-0.39, 0.29) is 48.8 Å². The fourth-order valence-electron chi connectivity index (χ4n) is 3.17. The quantitative estimate of drug-likeness (QED) is 0.271. The highest BCUT2D eigenvalue weighted by atomic mass is 32.2. The number of anilines is 2. The summed E-state index contributed by atoms with van der Waals surface area (Å²) in [5.74, 6) is 0.823. The third-order valence-corrected chi connectivity index (χ3v) is 5.80. The van der Waals surface area contributed by atoms with E-state index in [1.54, 1.807) is 16.8 Å². The topological polar surface area (TPSA) is 219 Å². The Bertz CT molecular complexity index is 1230. The van der Waals surface area contributed by atoms with Crippen LogP contribution in [-0.4, -0.2) is 76.6 Å². The predicted octanol–water partition coefficient (Wildman–Crippen LogP) is -2.03. The van der Waals surface area contributed by atoms with Gasteiger partial charge in [-0.1, -0.05) is 0 Å². The number of nitrogen functional groups attached to an aromatic ring is 2. The normalized spacial score (nSPS) is 24.7. The summed E-state index contributed by atoms with van der Waals surface area (Å²) in [4.78, 5) is 37.0. The number of hydrogen-bond acceptors (Lipinski definition) is 13. The Morgan fingerprint density at radius 1 is 1.15 bits per heavy atom. The molecule has 0 aliphatic carbocycles. The fraction of sp³-hybridized carbons (Fsp3) is 0.471. The molecule has 3 aromatic heterocycles. The van der Waals surface area contributed by atoms with Gasteiger partial charge in [-0.25, -0.2) is 9.78 Å². The summed E-state index contributed by atoms with van der Waals surface area (Å²) in [6, 6.07) is 1.54. The number of aromatic nitrogens is 6. The van der Waals surface area contributed by atoms with Crippen molar-refractivity contribution in [2.24, 2.45) is 0 Å². The lowest BCUT2D eigenvalue weighted by atomic mass is 10.5. The molecule has 4 atom stereocenters. The lowest BCUT2D eigenvalue weighted by molar-refractivity contribution is -0.0980. The minimum atomic E-state index is -0.674. The number of imidazole rings is 1. The number of rotatable bonds is 4. The molecule has 0 radical (unpaired) electrons. The molecule has 0 unspecified atom stereocenters. The van der Waals surface area contributed by atoms with Crippen LogP contribution in [0.25, 0.3) is 11.2 Å². The van der Waals surface area contributed by atoms with E-state index in [0.29, 0.717) is 11.4 Å². The van der Waals surface area contributed by atoms with Crippen molar-refractivity contribution in [3.8, 4) is 0 Å². The maximum atomic E-state index is 11.6. The summed E-state index contributed by atoms with van der Waals surface area (Å²) in [6.45, 7) is -0.0529. The van der Waals surface area contributed by atoms with Crippen molar-refractivity contribution < 1.29 is 24.4 Å². The van der Waals surface area contributed by atoms with Crippen LogP contribution in [0.5, 0.6) is 0 Å². The smallest absolute Gasteiger partial charge is 0.351 e. The number of aromatic amines is 1. The summed E-state index contributed by atoms with van der Waals surface area (Å²) in [6.07, 6.45) is 1.45. The van der Waals surface area contributed by atoms with E-state index in [4.69, 9.17) is 35.9 Å². The number of nitrogens with two attached hydrogens (primary N) is 2. The molecular weight excluding hydrogens is 460 g/mol. The van der Waals surface area contributed by atoms with Crippen LogP contribution in [0.15, 0.2) is 28.2 Å². The van der Waals surface area contributed by atoms with Gasteiger partial charge in [0.1, 0.15) is 17.5 Å². The highest BCUT2D eigenvalue weighted by Gasteiger charge is 2.29. The second kappa shape index (κ2) is 9.86. The van der Waals surface area contributed by atoms with Crippen molar-refractivity contribution in [2.75, 3.05) is 37.0 Å². The van der Waals surface area contributed by atoms with Gasteiger partial charge in [0.15, 0.2) is 23.7 Å². The first-order chi connectivity index (χ1) is 15.9. The second-order valence-corrected chi connectivity index (χ2v) is 8.08. The number of fused-ring (bicyclic) bond motifs is 1. The van der Waals surface area contributed by atoms with Crippen molar-refractivity contribution in [1.29, 1.82) is 0 Å². The Morgan fingerprint density at radius 2 is 1.97 bits per heavy atom. The predicted molar refractivity (Wildman–Crippen MR) is 116 cm³/mol. The summed E-state index contributed by atoms with van der Waals surface area (Å²) in [7, 11) is 0. The maximum Gasteiger partial charge on any atom is 0.351 e. The molecule has 0 bridgehead atoms. The number of nitrogens with one attached hydrogen (secondary N) is 1. The number of hydrogen-bond donors (Lipinski definition) is 5. The van der Waals surface area contributed by atoms with E-state index in [1.165, 1.54) is 22.7 Å². The van der Waals surface area contributed by atoms with Crippen molar-refractivity contribution in [3.05, 3.63) is 39.4 Å². The Hall–Kier alpha value is -3.02. The fourth-order valence-corrected chi connectivity index (χ4v) is 4.10. The summed E-state index contributed by atoms with van der Waals surface area (Å²) in [5.41, 5.74) is 10.3. The molecule has 16 heteroatoms. The van der Waals surface area contributed by atoms with Crippen molar-refractivity contribution in [1.82, 2.24) is 29.1 Å². The SMILES string of the molecule is Nc1ccn([C@@H]2CS[C@H](CO)O2)c(=O)n1.Nc1nc2c(ncn2[C@H]2CO[C@@H](CO)O2)c(=O)[nH]1. The lowest BCUT2D eigenvalue weighted by Crippen LogP contribution is -2.28. The number of aliphatic hydroxyl groups is 2. The number of nitrogens with zero attached hydrogens (tertiary/aromatic N) is 5. The van der Waals surface area contributed by atoms with E-state index in [2.05, 4.69) is 19.9 Å². The molecule has 2 fully saturated rings. The van der Waals surface area contributed by atoms with Crippen LogP contribution < -0.4 is 22.7 Å². The van der Waals surface area contributed by atoms with Crippen LogP contribution in [0.4, 0.5) is 11.8 Å². The molecule has 178 valence electrons. The number of thioether (sulfide) groups is 1. The van der Waals surface area contributed by atoms with E-state index >= 15 is 0 Å². The third kappa shape index (κ3) is 5.00. The molecule has 15 nitrogen and oxygen atoms in total. The van der Waals surface area contributed by atoms with Gasteiger partial charge in [-0.2, -0.15) is 9.97 Å². The van der Waals surface area contributed by atoms with Gasteiger partial charge in [-0.15, -0.1) is 11.8 Å². The molecule has 0 amide bonds. The zero-order chi connectivity index (χ0) is 23.5. The molecule has 5 rings (SSSR count). The summed E-state index contributed by atoms with van der Waals surface area (Å²) in [5, 5.41) is 17.8. The Labute approximate surface area is 189 Å². The van der Waals surface area contributed by atoms with Gasteiger partial charge in [0.25, 0.3) is 5.56 Å². The molecule has 2 aliphatic heterocycles. The van der Waals surface area contributed by atoms with Crippen LogP contribution in [0.1, 0.15) is 12.5 Å². The monoisotopic (exact) mass is 482 g/mol. The number of ether oxygens (including phenoxy) is 3. The zero-order valence-electron chi connectivity index (χ0n) is 17.1. The standard InChI is InChI=1S/C9H11N5O4.C8H11N3O3S/c10-9-12-7-6(8(16)13-9)11-3-14(7)4-2-17-5(1-15)18-4;9-5-1-2-11(8(13)10-5)6-4-15-7(3-12)14-6/h3-5,15H,1-2H2,(H3,10,12,13,16);1-2,6-7,12H,3-4H2,(H2,9,10,13)/t4-,5-;6-,7+/m10/s1. The highest BCUT2D eigenvalue weighted by molar-refractivity contribution is 8.00. The first-order valence-electron chi connectivity index (χ1n) is 9.72. The molecule has 3 aromatic rings. The average molecular weight is 482 g/mol. The minimum absolute atomic E-state index is 0.00636. The van der Waals surface area contributed by atoms with Gasteiger partial charge in [0.2, 0.25) is 5.95 Å². The van der Waals surface area contributed by atoms with Crippen LogP contribution in [0.3, 0.4) is 0 Å². The van der Waals surface area contributed by atoms with Gasteiger partial charge in [-0.05, 0) is 6.07 Å². The molecule has 0 spiro atoms. The molecular formula is C17H22N8O7S. The average Bonchev–Trinajstić information content (AvgIpc) is 3.53. The van der Waals surface area contributed by atoms with Crippen LogP contribution in [0.2, 0.25) is 0 Å². The van der Waals surface area contributed by atoms with Crippen LogP contribution in [0, 0.1) is 0 Å². The zero-order valence-corrected chi connectivity index (χ0v) is 17.9. The maximum absolute atomic E-state index is 11.6. The van der Waals surface area contributed by atoms with Crippen LogP contribution in [-0.2, 0) is 14.2 Å². The van der Waals surface area contributed by atoms with E-state index in [0.717, 1.165) is 0 Å². The highest BCUT2D eigenvalue weighted by Crippen LogP contribution is 2.30. The lowest BCUT2D eigenvalue weighted by Gasteiger charge is -2.13. The third-order valence-electron chi connectivity index (χ3n) is 4.69.